The lowest BCUT2D eigenvalue weighted by Crippen LogP contribution is -2.36. The third-order valence-electron chi connectivity index (χ3n) is 3.64. The highest BCUT2D eigenvalue weighted by Gasteiger charge is 2.30. The first kappa shape index (κ1) is 15.3. The number of anilines is 1. The molecule has 0 unspecified atom stereocenters. The molecule has 0 spiro atoms. The van der Waals surface area contributed by atoms with Crippen molar-refractivity contribution in [1.29, 1.82) is 0 Å². The zero-order valence-electron chi connectivity index (χ0n) is 12.9. The normalized spacial score (nSPS) is 15.8. The highest BCUT2D eigenvalue weighted by molar-refractivity contribution is 9.10. The van der Waals surface area contributed by atoms with E-state index in [4.69, 9.17) is 9.47 Å². The van der Waals surface area contributed by atoms with Crippen LogP contribution in [0.15, 0.2) is 34.9 Å². The van der Waals surface area contributed by atoms with E-state index in [2.05, 4.69) is 26.2 Å². The summed E-state index contributed by atoms with van der Waals surface area (Å²) >= 11 is 3.44. The number of pyridine rings is 1. The number of rotatable bonds is 3. The highest BCUT2D eigenvalue weighted by Crippen LogP contribution is 2.35. The first-order valence-electron chi connectivity index (χ1n) is 7.24. The van der Waals surface area contributed by atoms with Crippen LogP contribution in [0.1, 0.15) is 30.7 Å². The summed E-state index contributed by atoms with van der Waals surface area (Å²) in [6, 6.07) is 8.10. The first-order valence-corrected chi connectivity index (χ1v) is 8.04. The number of aromatic nitrogens is 1. The van der Waals surface area contributed by atoms with Crippen molar-refractivity contribution in [2.75, 3.05) is 5.32 Å². The molecule has 3 rings (SSSR count). The zero-order valence-corrected chi connectivity index (χ0v) is 14.5. The lowest BCUT2D eigenvalue weighted by atomic mass is 10.1. The van der Waals surface area contributed by atoms with Crippen LogP contribution >= 0.6 is 15.9 Å². The fraction of sp³-hybridized carbons (Fsp3) is 0.353. The summed E-state index contributed by atoms with van der Waals surface area (Å²) in [7, 11) is 0. The summed E-state index contributed by atoms with van der Waals surface area (Å²) in [6.45, 7) is 7.03. The Labute approximate surface area is 139 Å². The predicted molar refractivity (Wildman–Crippen MR) is 89.9 cm³/mol. The average Bonchev–Trinajstić information content (AvgIpc) is 2.48. The maximum Gasteiger partial charge on any atom is 0.205 e. The molecule has 1 N–H and O–H groups in total. The van der Waals surface area contributed by atoms with Gasteiger partial charge in [0.2, 0.25) is 5.79 Å². The summed E-state index contributed by atoms with van der Waals surface area (Å²) < 4.78 is 12.8. The van der Waals surface area contributed by atoms with E-state index in [1.165, 1.54) is 0 Å². The van der Waals surface area contributed by atoms with E-state index in [9.17, 15) is 0 Å². The first-order chi connectivity index (χ1) is 10.4. The number of ether oxygens (including phenoxy) is 2. The number of nitrogens with zero attached hydrogens (tertiary/aromatic N) is 1. The summed E-state index contributed by atoms with van der Waals surface area (Å²) in [4.78, 5) is 4.46. The summed E-state index contributed by atoms with van der Waals surface area (Å²) in [5.74, 6) is 0.253. The minimum Gasteiger partial charge on any atom is -0.461 e. The molecule has 5 heteroatoms. The molecular weight excluding hydrogens is 344 g/mol. The minimum absolute atomic E-state index is 0.545. The quantitative estimate of drug-likeness (QED) is 0.877. The van der Waals surface area contributed by atoms with Crippen molar-refractivity contribution in [3.63, 3.8) is 0 Å². The second kappa shape index (κ2) is 5.89. The van der Waals surface area contributed by atoms with Gasteiger partial charge in [-0.05, 0) is 36.8 Å². The van der Waals surface area contributed by atoms with Crippen molar-refractivity contribution in [2.24, 2.45) is 0 Å². The lowest BCUT2D eigenvalue weighted by Gasteiger charge is -2.34. The third kappa shape index (κ3) is 3.25. The van der Waals surface area contributed by atoms with E-state index in [1.54, 1.807) is 0 Å². The van der Waals surface area contributed by atoms with E-state index in [1.807, 2.05) is 51.2 Å². The Bertz CT molecular complexity index is 684. The zero-order chi connectivity index (χ0) is 15.7. The van der Waals surface area contributed by atoms with Gasteiger partial charge in [0, 0.05) is 42.3 Å². The molecule has 22 heavy (non-hydrogen) atoms. The number of halogens is 1. The number of hydrogen-bond donors (Lipinski definition) is 1. The van der Waals surface area contributed by atoms with E-state index in [0.29, 0.717) is 13.2 Å². The maximum atomic E-state index is 5.94. The van der Waals surface area contributed by atoms with Crippen molar-refractivity contribution in [3.8, 4) is 5.75 Å². The number of nitrogens with one attached hydrogen (secondary N) is 1. The van der Waals surface area contributed by atoms with E-state index in [-0.39, 0.29) is 0 Å². The van der Waals surface area contributed by atoms with Crippen LogP contribution in [0.2, 0.25) is 0 Å². The van der Waals surface area contributed by atoms with Gasteiger partial charge in [-0.1, -0.05) is 15.9 Å². The number of fused-ring (bicyclic) bond motifs is 1. The van der Waals surface area contributed by atoms with Crippen LogP contribution in [0.25, 0.3) is 0 Å². The monoisotopic (exact) mass is 362 g/mol. The molecule has 0 radical (unpaired) electrons. The number of hydrogen-bond acceptors (Lipinski definition) is 4. The molecule has 1 aliphatic heterocycles. The molecule has 1 aromatic carbocycles. The van der Waals surface area contributed by atoms with Crippen LogP contribution in [0.3, 0.4) is 0 Å². The smallest absolute Gasteiger partial charge is 0.205 e. The van der Waals surface area contributed by atoms with Crippen LogP contribution in [0, 0.1) is 6.92 Å². The van der Waals surface area contributed by atoms with Crippen molar-refractivity contribution >= 4 is 21.6 Å². The van der Waals surface area contributed by atoms with E-state index in [0.717, 1.165) is 32.7 Å². The molecule has 0 atom stereocenters. The Balaban J connectivity index is 1.82. The van der Waals surface area contributed by atoms with Crippen LogP contribution < -0.4 is 10.1 Å². The van der Waals surface area contributed by atoms with E-state index >= 15 is 0 Å². The average molecular weight is 363 g/mol. The Morgan fingerprint density at radius 3 is 2.73 bits per heavy atom. The van der Waals surface area contributed by atoms with E-state index < -0.39 is 5.79 Å². The Morgan fingerprint density at radius 2 is 2.00 bits per heavy atom. The highest BCUT2D eigenvalue weighted by atomic mass is 79.9. The van der Waals surface area contributed by atoms with Crippen molar-refractivity contribution < 1.29 is 9.47 Å². The Kier molecular flexibility index (Phi) is 4.10. The van der Waals surface area contributed by atoms with Gasteiger partial charge in [-0.25, -0.2) is 0 Å². The van der Waals surface area contributed by atoms with Gasteiger partial charge < -0.3 is 14.8 Å². The lowest BCUT2D eigenvalue weighted by molar-refractivity contribution is -0.180. The van der Waals surface area contributed by atoms with Crippen molar-refractivity contribution in [3.05, 3.63) is 51.8 Å². The van der Waals surface area contributed by atoms with Crippen LogP contribution in [-0.4, -0.2) is 10.8 Å². The number of benzene rings is 1. The van der Waals surface area contributed by atoms with Crippen LogP contribution in [0.5, 0.6) is 5.75 Å². The summed E-state index contributed by atoms with van der Waals surface area (Å²) in [5, 5.41) is 3.41. The van der Waals surface area contributed by atoms with Gasteiger partial charge in [-0.3, -0.25) is 4.98 Å². The van der Waals surface area contributed by atoms with Gasteiger partial charge in [-0.15, -0.1) is 0 Å². The third-order valence-corrected chi connectivity index (χ3v) is 4.17. The molecular formula is C17H19BrN2O2. The summed E-state index contributed by atoms with van der Waals surface area (Å²) in [6.07, 6.45) is 1.89. The second-order valence-corrected chi connectivity index (χ2v) is 6.74. The molecule has 0 amide bonds. The molecule has 1 aromatic heterocycles. The molecule has 116 valence electrons. The van der Waals surface area contributed by atoms with Gasteiger partial charge in [0.15, 0.2) is 0 Å². The molecule has 1 aliphatic rings. The molecule has 0 saturated carbocycles. The number of aryl methyl sites for hydroxylation is 1. The molecule has 0 bridgehead atoms. The maximum absolute atomic E-state index is 5.94. The fourth-order valence-corrected chi connectivity index (χ4v) is 2.67. The molecule has 2 heterocycles. The Hall–Kier alpha value is -1.59. The van der Waals surface area contributed by atoms with Gasteiger partial charge >= 0.3 is 0 Å². The van der Waals surface area contributed by atoms with Crippen molar-refractivity contribution in [1.82, 2.24) is 4.98 Å². The summed E-state index contributed by atoms with van der Waals surface area (Å²) in [5.41, 5.74) is 4.14. The molecule has 2 aromatic rings. The van der Waals surface area contributed by atoms with Crippen molar-refractivity contribution in [2.45, 2.75) is 39.7 Å². The molecule has 0 fully saturated rings. The van der Waals surface area contributed by atoms with Crippen LogP contribution in [0.4, 0.5) is 5.69 Å². The SMILES string of the molecule is Cc1ncc(CNc2ccc(Br)cc2)c2c1OC(C)(C)OC2. The second-order valence-electron chi connectivity index (χ2n) is 5.83. The predicted octanol–water partition coefficient (Wildman–Crippen LogP) is 4.41. The minimum atomic E-state index is -0.600. The Morgan fingerprint density at radius 1 is 1.27 bits per heavy atom. The van der Waals surface area contributed by atoms with Gasteiger partial charge in [0.05, 0.1) is 12.3 Å². The topological polar surface area (TPSA) is 43.4 Å². The van der Waals surface area contributed by atoms with Gasteiger partial charge in [0.25, 0.3) is 0 Å². The fourth-order valence-electron chi connectivity index (χ4n) is 2.41. The molecule has 4 nitrogen and oxygen atoms in total. The van der Waals surface area contributed by atoms with Crippen LogP contribution in [-0.2, 0) is 17.9 Å². The largest absolute Gasteiger partial charge is 0.461 e. The van der Waals surface area contributed by atoms with Gasteiger partial charge in [0.1, 0.15) is 5.75 Å². The van der Waals surface area contributed by atoms with Gasteiger partial charge in [-0.2, -0.15) is 0 Å². The standard InChI is InChI=1S/C17H19BrN2O2/c1-11-16-15(10-21-17(2,3)22-16)12(8-19-11)9-20-14-6-4-13(18)5-7-14/h4-8,20H,9-10H2,1-3H3. The molecule has 0 aliphatic carbocycles. The molecule has 0 saturated heterocycles.